The fourth-order valence-corrected chi connectivity index (χ4v) is 2.95. The lowest BCUT2D eigenvalue weighted by Crippen LogP contribution is -2.15. The first-order chi connectivity index (χ1) is 13.4. The fourth-order valence-electron chi connectivity index (χ4n) is 2.78. The van der Waals surface area contributed by atoms with E-state index in [9.17, 15) is 14.7 Å². The summed E-state index contributed by atoms with van der Waals surface area (Å²) in [7, 11) is 0. The third-order valence-corrected chi connectivity index (χ3v) is 4.36. The predicted octanol–water partition coefficient (Wildman–Crippen LogP) is 4.24. The van der Waals surface area contributed by atoms with Gasteiger partial charge in [-0.2, -0.15) is 0 Å². The maximum atomic E-state index is 12.9. The molecule has 1 amide bonds. The number of nitrogens with one attached hydrogen (secondary N) is 2. The van der Waals surface area contributed by atoms with Crippen LogP contribution in [0, 0.1) is 5.41 Å². The number of nitrogen functional groups attached to an aromatic ring is 1. The maximum Gasteiger partial charge on any atom is 0.336 e. The highest BCUT2D eigenvalue weighted by Gasteiger charge is 2.18. The zero-order chi connectivity index (χ0) is 20.3. The average molecular weight is 394 g/mol. The second-order valence-electron chi connectivity index (χ2n) is 5.99. The Morgan fingerprint density at radius 3 is 2.21 bits per heavy atom. The van der Waals surface area contributed by atoms with Crippen molar-refractivity contribution in [3.05, 3.63) is 88.4 Å². The number of carboxylic acids is 1. The molecule has 28 heavy (non-hydrogen) atoms. The van der Waals surface area contributed by atoms with E-state index in [0.29, 0.717) is 27.4 Å². The standard InChI is InChI=1S/C21H16ClN3O3/c22-13-7-10-16(15-3-1-2-4-17(15)21(27)28)18(11-13)20(26)25-14-8-5-12(6-9-14)19(23)24/h1-11H,(H3,23,24)(H,25,26)(H,27,28). The molecule has 0 aliphatic rings. The van der Waals surface area contributed by atoms with Crippen molar-refractivity contribution in [2.45, 2.75) is 0 Å². The minimum Gasteiger partial charge on any atom is -0.478 e. The minimum absolute atomic E-state index is 0.0692. The SMILES string of the molecule is N=C(N)c1ccc(NC(=O)c2cc(Cl)ccc2-c2ccccc2C(=O)O)cc1. The van der Waals surface area contributed by atoms with Crippen molar-refractivity contribution < 1.29 is 14.7 Å². The summed E-state index contributed by atoms with van der Waals surface area (Å²) in [6.45, 7) is 0. The molecule has 0 bridgehead atoms. The van der Waals surface area contributed by atoms with Crippen LogP contribution in [0.15, 0.2) is 66.7 Å². The van der Waals surface area contributed by atoms with Gasteiger partial charge in [-0.1, -0.05) is 35.9 Å². The van der Waals surface area contributed by atoms with E-state index >= 15 is 0 Å². The Labute approximate surface area is 166 Å². The third-order valence-electron chi connectivity index (χ3n) is 4.13. The van der Waals surface area contributed by atoms with E-state index in [1.54, 1.807) is 54.6 Å². The summed E-state index contributed by atoms with van der Waals surface area (Å²) in [5, 5.41) is 20.0. The van der Waals surface area contributed by atoms with Gasteiger partial charge in [-0.05, 0) is 53.6 Å². The molecule has 3 aromatic carbocycles. The molecule has 140 valence electrons. The molecule has 6 nitrogen and oxygen atoms in total. The van der Waals surface area contributed by atoms with Gasteiger partial charge in [0.05, 0.1) is 5.56 Å². The number of rotatable bonds is 5. The first kappa shape index (κ1) is 19.1. The van der Waals surface area contributed by atoms with Gasteiger partial charge in [0.2, 0.25) is 0 Å². The molecule has 0 aliphatic carbocycles. The highest BCUT2D eigenvalue weighted by Crippen LogP contribution is 2.30. The van der Waals surface area contributed by atoms with E-state index in [-0.39, 0.29) is 17.0 Å². The van der Waals surface area contributed by atoms with Crippen LogP contribution in [0.25, 0.3) is 11.1 Å². The zero-order valence-corrected chi connectivity index (χ0v) is 15.3. The van der Waals surface area contributed by atoms with Crippen molar-refractivity contribution in [3.63, 3.8) is 0 Å². The van der Waals surface area contributed by atoms with Crippen LogP contribution in [-0.4, -0.2) is 22.8 Å². The summed E-state index contributed by atoms with van der Waals surface area (Å²) < 4.78 is 0. The number of anilines is 1. The van der Waals surface area contributed by atoms with Crippen molar-refractivity contribution in [1.82, 2.24) is 0 Å². The van der Waals surface area contributed by atoms with Crippen molar-refractivity contribution in [3.8, 4) is 11.1 Å². The van der Waals surface area contributed by atoms with E-state index in [1.165, 1.54) is 12.1 Å². The summed E-state index contributed by atoms with van der Waals surface area (Å²) >= 11 is 6.08. The molecule has 3 aromatic rings. The molecule has 0 saturated carbocycles. The lowest BCUT2D eigenvalue weighted by molar-refractivity contribution is 0.0697. The van der Waals surface area contributed by atoms with Gasteiger partial charge in [-0.15, -0.1) is 0 Å². The van der Waals surface area contributed by atoms with Crippen molar-refractivity contribution in [2.24, 2.45) is 5.73 Å². The van der Waals surface area contributed by atoms with E-state index in [2.05, 4.69) is 5.32 Å². The summed E-state index contributed by atoms with van der Waals surface area (Å²) in [5.74, 6) is -1.59. The van der Waals surface area contributed by atoms with E-state index in [4.69, 9.17) is 22.7 Å². The number of aromatic carboxylic acids is 1. The zero-order valence-electron chi connectivity index (χ0n) is 14.6. The van der Waals surface area contributed by atoms with Gasteiger partial charge < -0.3 is 16.2 Å². The number of carbonyl (C=O) groups is 2. The quantitative estimate of drug-likeness (QED) is 0.383. The van der Waals surface area contributed by atoms with Crippen LogP contribution in [0.4, 0.5) is 5.69 Å². The van der Waals surface area contributed by atoms with Crippen LogP contribution in [0.1, 0.15) is 26.3 Å². The molecule has 0 aliphatic heterocycles. The third kappa shape index (κ3) is 4.02. The Morgan fingerprint density at radius 2 is 1.57 bits per heavy atom. The number of amides is 1. The fraction of sp³-hybridized carbons (Fsp3) is 0. The largest absolute Gasteiger partial charge is 0.478 e. The van der Waals surface area contributed by atoms with Crippen LogP contribution < -0.4 is 11.1 Å². The van der Waals surface area contributed by atoms with Gasteiger partial charge in [-0.25, -0.2) is 4.79 Å². The number of hydrogen-bond acceptors (Lipinski definition) is 3. The highest BCUT2D eigenvalue weighted by molar-refractivity contribution is 6.31. The molecule has 0 radical (unpaired) electrons. The topological polar surface area (TPSA) is 116 Å². The number of carboxylic acid groups (broad SMARTS) is 1. The molecule has 3 rings (SSSR count). The Kier molecular flexibility index (Phi) is 5.42. The molecule has 0 atom stereocenters. The van der Waals surface area contributed by atoms with E-state index in [1.807, 2.05) is 0 Å². The Balaban J connectivity index is 2.00. The molecular weight excluding hydrogens is 378 g/mol. The Bertz CT molecular complexity index is 1080. The number of amidine groups is 1. The lowest BCUT2D eigenvalue weighted by Gasteiger charge is -2.13. The minimum atomic E-state index is -1.09. The van der Waals surface area contributed by atoms with E-state index in [0.717, 1.165) is 0 Å². The second-order valence-corrected chi connectivity index (χ2v) is 6.42. The van der Waals surface area contributed by atoms with Gasteiger partial charge >= 0.3 is 5.97 Å². The summed E-state index contributed by atoms with van der Waals surface area (Å²) in [6, 6.07) is 17.7. The predicted molar refractivity (Wildman–Crippen MR) is 109 cm³/mol. The average Bonchev–Trinajstić information content (AvgIpc) is 2.68. The van der Waals surface area contributed by atoms with Crippen LogP contribution in [0.5, 0.6) is 0 Å². The molecule has 7 heteroatoms. The number of halogens is 1. The van der Waals surface area contributed by atoms with Crippen LogP contribution in [0.2, 0.25) is 5.02 Å². The van der Waals surface area contributed by atoms with E-state index < -0.39 is 11.9 Å². The Hall–Kier alpha value is -3.64. The highest BCUT2D eigenvalue weighted by atomic mass is 35.5. The first-order valence-corrected chi connectivity index (χ1v) is 8.62. The summed E-state index contributed by atoms with van der Waals surface area (Å²) in [5.41, 5.74) is 7.69. The number of nitrogens with two attached hydrogens (primary N) is 1. The Morgan fingerprint density at radius 1 is 0.929 bits per heavy atom. The summed E-state index contributed by atoms with van der Waals surface area (Å²) in [4.78, 5) is 24.4. The lowest BCUT2D eigenvalue weighted by atomic mass is 9.95. The first-order valence-electron chi connectivity index (χ1n) is 8.25. The van der Waals surface area contributed by atoms with Gasteiger partial charge in [-0.3, -0.25) is 10.2 Å². The molecule has 5 N–H and O–H groups in total. The van der Waals surface area contributed by atoms with Gasteiger partial charge in [0.1, 0.15) is 5.84 Å². The molecule has 0 spiro atoms. The van der Waals surface area contributed by atoms with Gasteiger partial charge in [0, 0.05) is 21.8 Å². The summed E-state index contributed by atoms with van der Waals surface area (Å²) in [6.07, 6.45) is 0. The number of hydrogen-bond donors (Lipinski definition) is 4. The smallest absolute Gasteiger partial charge is 0.336 e. The molecule has 0 aromatic heterocycles. The molecule has 0 saturated heterocycles. The van der Waals surface area contributed by atoms with Gasteiger partial charge in [0.25, 0.3) is 5.91 Å². The van der Waals surface area contributed by atoms with Crippen molar-refractivity contribution >= 4 is 35.0 Å². The van der Waals surface area contributed by atoms with Crippen LogP contribution in [0.3, 0.4) is 0 Å². The van der Waals surface area contributed by atoms with Crippen LogP contribution in [-0.2, 0) is 0 Å². The number of carbonyl (C=O) groups excluding carboxylic acids is 1. The maximum absolute atomic E-state index is 12.9. The molecule has 0 fully saturated rings. The van der Waals surface area contributed by atoms with Crippen molar-refractivity contribution in [2.75, 3.05) is 5.32 Å². The van der Waals surface area contributed by atoms with Gasteiger partial charge in [0.15, 0.2) is 0 Å². The van der Waals surface area contributed by atoms with Crippen LogP contribution >= 0.6 is 11.6 Å². The molecular formula is C21H16ClN3O3. The molecule has 0 unspecified atom stereocenters. The monoisotopic (exact) mass is 393 g/mol. The molecule has 0 heterocycles. The second kappa shape index (κ2) is 7.94. The normalized spacial score (nSPS) is 10.3. The number of benzene rings is 3. The van der Waals surface area contributed by atoms with Crippen molar-refractivity contribution in [1.29, 1.82) is 5.41 Å².